The number of para-hydroxylation sites is 1. The molecule has 3 rings (SSSR count). The fourth-order valence-corrected chi connectivity index (χ4v) is 2.68. The predicted molar refractivity (Wildman–Crippen MR) is 102 cm³/mol. The Hall–Kier alpha value is -2.95. The van der Waals surface area contributed by atoms with Crippen molar-refractivity contribution >= 4 is 28.2 Å². The van der Waals surface area contributed by atoms with Crippen molar-refractivity contribution in [3.05, 3.63) is 60.6 Å². The lowest BCUT2D eigenvalue weighted by Gasteiger charge is -2.19. The minimum Gasteiger partial charge on any atom is -0.373 e. The number of hydrogen-bond donors (Lipinski definition) is 1. The molecule has 2 heterocycles. The Labute approximate surface area is 147 Å². The van der Waals surface area contributed by atoms with E-state index in [-0.39, 0.29) is 5.91 Å². The third-order valence-corrected chi connectivity index (χ3v) is 4.15. The molecule has 0 unspecified atom stereocenters. The molecule has 25 heavy (non-hydrogen) atoms. The molecule has 0 aliphatic heterocycles. The number of pyridine rings is 2. The van der Waals surface area contributed by atoms with Crippen molar-refractivity contribution in [2.75, 3.05) is 23.8 Å². The molecule has 1 amide bonds. The van der Waals surface area contributed by atoms with Crippen molar-refractivity contribution in [3.63, 3.8) is 0 Å². The second kappa shape index (κ2) is 7.75. The van der Waals surface area contributed by atoms with Gasteiger partial charge in [0.15, 0.2) is 0 Å². The van der Waals surface area contributed by atoms with E-state index in [1.54, 1.807) is 18.6 Å². The van der Waals surface area contributed by atoms with Gasteiger partial charge in [0.1, 0.15) is 0 Å². The summed E-state index contributed by atoms with van der Waals surface area (Å²) in [5.74, 6) is -0.184. The smallest absolute Gasteiger partial charge is 0.257 e. The van der Waals surface area contributed by atoms with E-state index in [1.165, 1.54) is 0 Å². The predicted octanol–water partition coefficient (Wildman–Crippen LogP) is 4.12. The van der Waals surface area contributed by atoms with Gasteiger partial charge in [-0.15, -0.1) is 0 Å². The number of amides is 1. The Morgan fingerprint density at radius 2 is 2.04 bits per heavy atom. The molecule has 128 valence electrons. The van der Waals surface area contributed by atoms with Gasteiger partial charge in [0.25, 0.3) is 5.91 Å². The van der Waals surface area contributed by atoms with Crippen LogP contribution in [-0.2, 0) is 0 Å². The van der Waals surface area contributed by atoms with E-state index in [9.17, 15) is 4.79 Å². The maximum atomic E-state index is 12.6. The summed E-state index contributed by atoms with van der Waals surface area (Å²) in [5, 5.41) is 3.94. The molecule has 5 nitrogen and oxygen atoms in total. The summed E-state index contributed by atoms with van der Waals surface area (Å²) < 4.78 is 0. The highest BCUT2D eigenvalue weighted by Crippen LogP contribution is 2.22. The molecule has 0 atom stereocenters. The van der Waals surface area contributed by atoms with E-state index in [4.69, 9.17) is 0 Å². The van der Waals surface area contributed by atoms with Gasteiger partial charge >= 0.3 is 0 Å². The lowest BCUT2D eigenvalue weighted by atomic mass is 10.1. The number of aromatic nitrogens is 2. The largest absolute Gasteiger partial charge is 0.373 e. The second-order valence-corrected chi connectivity index (χ2v) is 6.04. The molecule has 0 radical (unpaired) electrons. The summed E-state index contributed by atoms with van der Waals surface area (Å²) >= 11 is 0. The highest BCUT2D eigenvalue weighted by atomic mass is 16.1. The van der Waals surface area contributed by atoms with E-state index in [0.717, 1.165) is 36.0 Å². The van der Waals surface area contributed by atoms with Crippen molar-refractivity contribution in [1.29, 1.82) is 0 Å². The van der Waals surface area contributed by atoms with E-state index in [1.807, 2.05) is 43.4 Å². The summed E-state index contributed by atoms with van der Waals surface area (Å²) in [6.45, 7) is 3.10. The highest BCUT2D eigenvalue weighted by molar-refractivity contribution is 6.08. The molecule has 0 aliphatic rings. The molecular formula is C20H22N4O. The Kier molecular flexibility index (Phi) is 5.23. The van der Waals surface area contributed by atoms with Crippen LogP contribution in [0.25, 0.3) is 10.9 Å². The molecule has 3 aromatic rings. The topological polar surface area (TPSA) is 58.1 Å². The number of carbonyl (C=O) groups excluding carboxylic acids is 1. The Bertz CT molecular complexity index is 873. The number of carbonyl (C=O) groups is 1. The average Bonchev–Trinajstić information content (AvgIpc) is 2.66. The van der Waals surface area contributed by atoms with Crippen LogP contribution in [0, 0.1) is 0 Å². The number of rotatable bonds is 6. The summed E-state index contributed by atoms with van der Waals surface area (Å²) in [7, 11) is 2.02. The van der Waals surface area contributed by atoms with Crippen LogP contribution < -0.4 is 10.2 Å². The van der Waals surface area contributed by atoms with Crippen LogP contribution in [0.5, 0.6) is 0 Å². The second-order valence-electron chi connectivity index (χ2n) is 6.04. The number of benzene rings is 1. The number of unbranched alkanes of at least 4 members (excludes halogenated alkanes) is 1. The van der Waals surface area contributed by atoms with Crippen molar-refractivity contribution in [2.45, 2.75) is 19.8 Å². The molecule has 0 saturated heterocycles. The van der Waals surface area contributed by atoms with Gasteiger partial charge in [0, 0.05) is 31.4 Å². The molecule has 1 N–H and O–H groups in total. The Morgan fingerprint density at radius 3 is 2.88 bits per heavy atom. The summed E-state index contributed by atoms with van der Waals surface area (Å²) in [5.41, 5.74) is 2.96. The lowest BCUT2D eigenvalue weighted by Crippen LogP contribution is -2.20. The summed E-state index contributed by atoms with van der Waals surface area (Å²) in [6.07, 6.45) is 7.33. The van der Waals surface area contributed by atoms with Gasteiger partial charge in [-0.25, -0.2) is 0 Å². The summed E-state index contributed by atoms with van der Waals surface area (Å²) in [6, 6.07) is 11.5. The summed E-state index contributed by atoms with van der Waals surface area (Å²) in [4.78, 5) is 23.4. The fraction of sp³-hybridized carbons (Fsp3) is 0.250. The van der Waals surface area contributed by atoms with Crippen LogP contribution in [0.2, 0.25) is 0 Å². The van der Waals surface area contributed by atoms with Crippen molar-refractivity contribution in [2.24, 2.45) is 0 Å². The van der Waals surface area contributed by atoms with E-state index in [2.05, 4.69) is 27.1 Å². The number of fused-ring (bicyclic) bond motifs is 1. The SMILES string of the molecule is CCCCN(C)c1cncc(C(=O)Nc2cccc3cccnc23)c1. The van der Waals surface area contributed by atoms with Crippen LogP contribution in [0.1, 0.15) is 30.1 Å². The average molecular weight is 334 g/mol. The standard InChI is InChI=1S/C20H22N4O/c1-3-4-11-24(2)17-12-16(13-21-14-17)20(25)23-18-9-5-7-15-8-6-10-22-19(15)18/h5-10,12-14H,3-4,11H2,1-2H3,(H,23,25). The molecule has 0 bridgehead atoms. The van der Waals surface area contributed by atoms with E-state index < -0.39 is 0 Å². The van der Waals surface area contributed by atoms with Crippen molar-refractivity contribution in [1.82, 2.24) is 9.97 Å². The maximum absolute atomic E-state index is 12.6. The molecule has 5 heteroatoms. The third kappa shape index (κ3) is 3.94. The molecule has 0 fully saturated rings. The van der Waals surface area contributed by atoms with Crippen LogP contribution >= 0.6 is 0 Å². The molecule has 0 saturated carbocycles. The lowest BCUT2D eigenvalue weighted by molar-refractivity contribution is 0.102. The maximum Gasteiger partial charge on any atom is 0.257 e. The van der Waals surface area contributed by atoms with E-state index >= 15 is 0 Å². The first kappa shape index (κ1) is 16.9. The van der Waals surface area contributed by atoms with Crippen LogP contribution in [0.4, 0.5) is 11.4 Å². The van der Waals surface area contributed by atoms with Gasteiger partial charge in [-0.1, -0.05) is 31.5 Å². The van der Waals surface area contributed by atoms with Gasteiger partial charge < -0.3 is 10.2 Å². The normalized spacial score (nSPS) is 10.6. The van der Waals surface area contributed by atoms with E-state index in [0.29, 0.717) is 11.3 Å². The van der Waals surface area contributed by atoms with Gasteiger partial charge in [0.2, 0.25) is 0 Å². The Balaban J connectivity index is 1.81. The van der Waals surface area contributed by atoms with Crippen LogP contribution in [-0.4, -0.2) is 29.5 Å². The number of nitrogens with zero attached hydrogens (tertiary/aromatic N) is 3. The fourth-order valence-electron chi connectivity index (χ4n) is 2.68. The zero-order chi connectivity index (χ0) is 17.6. The number of anilines is 2. The van der Waals surface area contributed by atoms with Gasteiger partial charge in [-0.3, -0.25) is 14.8 Å². The first-order chi connectivity index (χ1) is 12.2. The number of hydrogen-bond acceptors (Lipinski definition) is 4. The zero-order valence-electron chi connectivity index (χ0n) is 14.6. The van der Waals surface area contributed by atoms with Crippen LogP contribution in [0.15, 0.2) is 55.0 Å². The zero-order valence-corrected chi connectivity index (χ0v) is 14.6. The van der Waals surface area contributed by atoms with Gasteiger partial charge in [-0.2, -0.15) is 0 Å². The van der Waals surface area contributed by atoms with Gasteiger partial charge in [-0.05, 0) is 24.6 Å². The quantitative estimate of drug-likeness (QED) is 0.737. The number of nitrogens with one attached hydrogen (secondary N) is 1. The van der Waals surface area contributed by atoms with Crippen molar-refractivity contribution < 1.29 is 4.79 Å². The minimum atomic E-state index is -0.184. The first-order valence-electron chi connectivity index (χ1n) is 8.50. The first-order valence-corrected chi connectivity index (χ1v) is 8.50. The monoisotopic (exact) mass is 334 g/mol. The molecule has 2 aromatic heterocycles. The highest BCUT2D eigenvalue weighted by Gasteiger charge is 2.11. The Morgan fingerprint density at radius 1 is 1.20 bits per heavy atom. The molecule has 0 aliphatic carbocycles. The van der Waals surface area contributed by atoms with Crippen LogP contribution in [0.3, 0.4) is 0 Å². The van der Waals surface area contributed by atoms with Crippen molar-refractivity contribution in [3.8, 4) is 0 Å². The van der Waals surface area contributed by atoms with Gasteiger partial charge in [0.05, 0.1) is 28.7 Å². The molecule has 1 aromatic carbocycles. The third-order valence-electron chi connectivity index (χ3n) is 4.15. The molecular weight excluding hydrogens is 312 g/mol. The minimum absolute atomic E-state index is 0.184. The molecule has 0 spiro atoms.